The predicted octanol–water partition coefficient (Wildman–Crippen LogP) is 0.427. The van der Waals surface area contributed by atoms with Crippen molar-refractivity contribution in [2.75, 3.05) is 6.54 Å². The van der Waals surface area contributed by atoms with Gasteiger partial charge in [0.05, 0.1) is 6.07 Å². The molecule has 0 unspecified atom stereocenters. The summed E-state index contributed by atoms with van der Waals surface area (Å²) >= 11 is 0. The smallest absolute Gasteiger partial charge is 0.414 e. The molecular formula is C6H8N2O3. The van der Waals surface area contributed by atoms with Crippen molar-refractivity contribution in [3.05, 3.63) is 0 Å². The molecule has 0 saturated carbocycles. The molecular weight excluding hydrogens is 148 g/mol. The SMILES string of the molecule is CCN(C(=O)O)C(=O)CC#N. The monoisotopic (exact) mass is 156 g/mol. The Balaban J connectivity index is 4.17. The Morgan fingerprint density at radius 1 is 1.64 bits per heavy atom. The molecule has 0 fully saturated rings. The van der Waals surface area contributed by atoms with Gasteiger partial charge in [-0.1, -0.05) is 0 Å². The molecule has 0 bridgehead atoms. The number of nitriles is 1. The maximum Gasteiger partial charge on any atom is 0.414 e. The van der Waals surface area contributed by atoms with Gasteiger partial charge in [-0.05, 0) is 6.92 Å². The molecule has 0 heterocycles. The third-order valence-corrected chi connectivity index (χ3v) is 1.08. The first-order valence-corrected chi connectivity index (χ1v) is 3.03. The number of amides is 2. The van der Waals surface area contributed by atoms with E-state index in [1.165, 1.54) is 6.92 Å². The summed E-state index contributed by atoms with van der Waals surface area (Å²) in [6.45, 7) is 1.61. The van der Waals surface area contributed by atoms with Crippen LogP contribution in [0.5, 0.6) is 0 Å². The number of rotatable bonds is 2. The summed E-state index contributed by atoms with van der Waals surface area (Å²) in [5, 5.41) is 16.4. The summed E-state index contributed by atoms with van der Waals surface area (Å²) in [7, 11) is 0. The summed E-state index contributed by atoms with van der Waals surface area (Å²) in [6, 6.07) is 1.58. The quantitative estimate of drug-likeness (QED) is 0.628. The average Bonchev–Trinajstić information content (AvgIpc) is 1.88. The average molecular weight is 156 g/mol. The van der Waals surface area contributed by atoms with Crippen molar-refractivity contribution in [2.45, 2.75) is 13.3 Å². The largest absolute Gasteiger partial charge is 0.465 e. The number of carboxylic acid groups (broad SMARTS) is 1. The first kappa shape index (κ1) is 9.43. The molecule has 5 heteroatoms. The minimum atomic E-state index is -1.31. The maximum absolute atomic E-state index is 10.7. The third-order valence-electron chi connectivity index (χ3n) is 1.08. The summed E-state index contributed by atoms with van der Waals surface area (Å²) in [5.41, 5.74) is 0. The van der Waals surface area contributed by atoms with Gasteiger partial charge in [0.2, 0.25) is 5.91 Å². The molecule has 0 aromatic carbocycles. The van der Waals surface area contributed by atoms with Gasteiger partial charge in [-0.15, -0.1) is 0 Å². The summed E-state index contributed by atoms with van der Waals surface area (Å²) in [4.78, 5) is 21.6. The fourth-order valence-corrected chi connectivity index (χ4v) is 0.581. The van der Waals surface area contributed by atoms with E-state index < -0.39 is 12.0 Å². The fraction of sp³-hybridized carbons (Fsp3) is 0.500. The van der Waals surface area contributed by atoms with Gasteiger partial charge in [-0.2, -0.15) is 5.26 Å². The molecule has 0 atom stereocenters. The van der Waals surface area contributed by atoms with E-state index in [4.69, 9.17) is 10.4 Å². The number of nitrogens with zero attached hydrogens (tertiary/aromatic N) is 2. The van der Waals surface area contributed by atoms with Gasteiger partial charge in [0.25, 0.3) is 0 Å². The van der Waals surface area contributed by atoms with Crippen LogP contribution in [-0.4, -0.2) is 28.6 Å². The first-order chi connectivity index (χ1) is 5.13. The molecule has 5 nitrogen and oxygen atoms in total. The zero-order chi connectivity index (χ0) is 8.85. The third kappa shape index (κ3) is 2.67. The van der Waals surface area contributed by atoms with Crippen molar-refractivity contribution in [1.82, 2.24) is 4.90 Å². The molecule has 0 aliphatic carbocycles. The van der Waals surface area contributed by atoms with Gasteiger partial charge >= 0.3 is 6.09 Å². The van der Waals surface area contributed by atoms with Crippen LogP contribution in [0.3, 0.4) is 0 Å². The second-order valence-corrected chi connectivity index (χ2v) is 1.76. The van der Waals surface area contributed by atoms with Crippen molar-refractivity contribution >= 4 is 12.0 Å². The minimum Gasteiger partial charge on any atom is -0.465 e. The maximum atomic E-state index is 10.7. The van der Waals surface area contributed by atoms with Gasteiger partial charge in [0.15, 0.2) is 0 Å². The molecule has 0 spiro atoms. The molecule has 60 valence electrons. The lowest BCUT2D eigenvalue weighted by Crippen LogP contribution is -2.34. The van der Waals surface area contributed by atoms with Crippen LogP contribution in [-0.2, 0) is 4.79 Å². The Bertz CT molecular complexity index is 206. The lowest BCUT2D eigenvalue weighted by molar-refractivity contribution is -0.127. The van der Waals surface area contributed by atoms with Crippen molar-refractivity contribution in [2.24, 2.45) is 0 Å². The molecule has 1 N–H and O–H groups in total. The summed E-state index contributed by atoms with van der Waals surface area (Å²) in [5.74, 6) is -0.678. The van der Waals surface area contributed by atoms with E-state index in [9.17, 15) is 9.59 Å². The predicted molar refractivity (Wildman–Crippen MR) is 35.6 cm³/mol. The van der Waals surface area contributed by atoms with Crippen molar-refractivity contribution in [3.8, 4) is 6.07 Å². The normalized spacial score (nSPS) is 8.36. The van der Waals surface area contributed by atoms with Crippen molar-refractivity contribution < 1.29 is 14.7 Å². The Labute approximate surface area is 63.8 Å². The highest BCUT2D eigenvalue weighted by Crippen LogP contribution is 1.93. The Morgan fingerprint density at radius 2 is 2.18 bits per heavy atom. The van der Waals surface area contributed by atoms with Crippen LogP contribution in [0.15, 0.2) is 0 Å². The fourth-order valence-electron chi connectivity index (χ4n) is 0.581. The van der Waals surface area contributed by atoms with Crippen molar-refractivity contribution in [1.29, 1.82) is 5.26 Å². The minimum absolute atomic E-state index is 0.0792. The molecule has 0 rings (SSSR count). The Hall–Kier alpha value is -1.57. The first-order valence-electron chi connectivity index (χ1n) is 3.03. The van der Waals surface area contributed by atoms with E-state index in [2.05, 4.69) is 0 Å². The van der Waals surface area contributed by atoms with Crippen LogP contribution in [0.2, 0.25) is 0 Å². The molecule has 0 aromatic rings. The van der Waals surface area contributed by atoms with Crippen LogP contribution < -0.4 is 0 Å². The number of hydrogen-bond acceptors (Lipinski definition) is 3. The van der Waals surface area contributed by atoms with Gasteiger partial charge in [-0.3, -0.25) is 4.79 Å². The van der Waals surface area contributed by atoms with Crippen molar-refractivity contribution in [3.63, 3.8) is 0 Å². The molecule has 0 aliphatic rings. The van der Waals surface area contributed by atoms with Crippen LogP contribution in [0, 0.1) is 11.3 Å². The van der Waals surface area contributed by atoms with E-state index >= 15 is 0 Å². The highest BCUT2D eigenvalue weighted by molar-refractivity contribution is 5.91. The van der Waals surface area contributed by atoms with Crippen LogP contribution in [0.4, 0.5) is 4.79 Å². The number of hydrogen-bond donors (Lipinski definition) is 1. The Kier molecular flexibility index (Phi) is 3.67. The lowest BCUT2D eigenvalue weighted by atomic mass is 10.4. The van der Waals surface area contributed by atoms with E-state index in [1.54, 1.807) is 6.07 Å². The molecule has 0 aliphatic heterocycles. The second-order valence-electron chi connectivity index (χ2n) is 1.76. The molecule has 11 heavy (non-hydrogen) atoms. The zero-order valence-electron chi connectivity index (χ0n) is 6.07. The molecule has 0 radical (unpaired) electrons. The van der Waals surface area contributed by atoms with E-state index in [0.29, 0.717) is 4.90 Å². The zero-order valence-corrected chi connectivity index (χ0v) is 6.07. The number of imide groups is 1. The van der Waals surface area contributed by atoms with E-state index in [0.717, 1.165) is 0 Å². The van der Waals surface area contributed by atoms with Crippen LogP contribution >= 0.6 is 0 Å². The Morgan fingerprint density at radius 3 is 2.45 bits per heavy atom. The summed E-state index contributed by atoms with van der Waals surface area (Å²) in [6.07, 6.45) is -1.70. The second kappa shape index (κ2) is 4.28. The topological polar surface area (TPSA) is 81.4 Å². The highest BCUT2D eigenvalue weighted by atomic mass is 16.4. The van der Waals surface area contributed by atoms with Gasteiger partial charge < -0.3 is 5.11 Å². The van der Waals surface area contributed by atoms with Gasteiger partial charge in [0, 0.05) is 6.54 Å². The molecule has 0 aromatic heterocycles. The van der Waals surface area contributed by atoms with Gasteiger partial charge in [-0.25, -0.2) is 9.69 Å². The van der Waals surface area contributed by atoms with E-state index in [1.807, 2.05) is 0 Å². The molecule has 2 amide bonds. The number of carbonyl (C=O) groups excluding carboxylic acids is 1. The van der Waals surface area contributed by atoms with Gasteiger partial charge in [0.1, 0.15) is 6.42 Å². The van der Waals surface area contributed by atoms with E-state index in [-0.39, 0.29) is 13.0 Å². The van der Waals surface area contributed by atoms with Crippen LogP contribution in [0.25, 0.3) is 0 Å². The highest BCUT2D eigenvalue weighted by Gasteiger charge is 2.17. The van der Waals surface area contributed by atoms with Crippen LogP contribution in [0.1, 0.15) is 13.3 Å². The lowest BCUT2D eigenvalue weighted by Gasteiger charge is -2.11. The number of carbonyl (C=O) groups is 2. The standard InChI is InChI=1S/C6H8N2O3/c1-2-8(6(10)11)5(9)3-4-7/h2-3H2,1H3,(H,10,11). The molecule has 0 saturated heterocycles. The summed E-state index contributed by atoms with van der Waals surface area (Å²) < 4.78 is 0.